The third kappa shape index (κ3) is 2.80. The molecule has 0 bridgehead atoms. The van der Waals surface area contributed by atoms with Crippen LogP contribution in [0.1, 0.15) is 18.1 Å². The van der Waals surface area contributed by atoms with Crippen molar-refractivity contribution >= 4 is 12.1 Å². The summed E-state index contributed by atoms with van der Waals surface area (Å²) in [6, 6.07) is 7.87. The van der Waals surface area contributed by atoms with E-state index in [2.05, 4.69) is 0 Å². The summed E-state index contributed by atoms with van der Waals surface area (Å²) in [5, 5.41) is 0. The van der Waals surface area contributed by atoms with Crippen LogP contribution < -0.4 is 0 Å². The summed E-state index contributed by atoms with van der Waals surface area (Å²) in [4.78, 5) is 21.6. The van der Waals surface area contributed by atoms with Crippen molar-refractivity contribution in [3.8, 4) is 0 Å². The van der Waals surface area contributed by atoms with Gasteiger partial charge < -0.3 is 4.79 Å². The number of Topliss-reactive ketones (excluding diaryl/α,β-unsaturated/α-hetero) is 1. The Kier molecular flexibility index (Phi) is 3.57. The molecule has 0 spiro atoms. The molecule has 14 heavy (non-hydrogen) atoms. The minimum Gasteiger partial charge on any atom is -0.303 e. The van der Waals surface area contributed by atoms with Crippen molar-refractivity contribution in [3.63, 3.8) is 0 Å². The highest BCUT2D eigenvalue weighted by molar-refractivity contribution is 5.91. The van der Waals surface area contributed by atoms with Gasteiger partial charge in [0.25, 0.3) is 0 Å². The van der Waals surface area contributed by atoms with Crippen molar-refractivity contribution in [3.05, 3.63) is 35.4 Å². The highest BCUT2D eigenvalue weighted by atomic mass is 16.1. The second-order valence-electron chi connectivity index (χ2n) is 3.55. The van der Waals surface area contributed by atoms with Gasteiger partial charge in [-0.15, -0.1) is 0 Å². The van der Waals surface area contributed by atoms with Crippen molar-refractivity contribution in [1.29, 1.82) is 0 Å². The van der Waals surface area contributed by atoms with Gasteiger partial charge in [-0.2, -0.15) is 0 Å². The Balaban J connectivity index is 2.76. The molecular formula is C12H14O2. The van der Waals surface area contributed by atoms with E-state index < -0.39 is 5.92 Å². The maximum absolute atomic E-state index is 11.0. The van der Waals surface area contributed by atoms with Crippen LogP contribution in [-0.4, -0.2) is 12.1 Å². The second kappa shape index (κ2) is 4.70. The van der Waals surface area contributed by atoms with Crippen LogP contribution in [0, 0.1) is 12.8 Å². The molecular weight excluding hydrogens is 176 g/mol. The molecule has 0 aliphatic heterocycles. The van der Waals surface area contributed by atoms with Gasteiger partial charge in [0.2, 0.25) is 0 Å². The molecule has 1 atom stereocenters. The SMILES string of the molecule is CC(=O)C(C=O)Cc1cccc(C)c1. The standard InChI is InChI=1S/C12H14O2/c1-9-4-3-5-11(6-9)7-12(8-13)10(2)14/h3-6,8,12H,7H2,1-2H3. The molecule has 0 fully saturated rings. The molecule has 0 radical (unpaired) electrons. The number of benzene rings is 1. The summed E-state index contributed by atoms with van der Waals surface area (Å²) in [5.74, 6) is -0.557. The Morgan fingerprint density at radius 3 is 2.71 bits per heavy atom. The largest absolute Gasteiger partial charge is 0.303 e. The van der Waals surface area contributed by atoms with E-state index in [4.69, 9.17) is 0 Å². The average Bonchev–Trinajstić information content (AvgIpc) is 2.14. The van der Waals surface area contributed by atoms with E-state index in [0.717, 1.165) is 17.4 Å². The van der Waals surface area contributed by atoms with E-state index in [0.29, 0.717) is 6.42 Å². The maximum Gasteiger partial charge on any atom is 0.140 e. The van der Waals surface area contributed by atoms with Crippen molar-refractivity contribution in [2.24, 2.45) is 5.92 Å². The number of carbonyl (C=O) groups is 2. The molecule has 74 valence electrons. The lowest BCUT2D eigenvalue weighted by atomic mass is 9.96. The van der Waals surface area contributed by atoms with Gasteiger partial charge in [-0.1, -0.05) is 29.8 Å². The number of hydrogen-bond donors (Lipinski definition) is 0. The van der Waals surface area contributed by atoms with Crippen molar-refractivity contribution in [1.82, 2.24) is 0 Å². The van der Waals surface area contributed by atoms with E-state index in [1.54, 1.807) is 0 Å². The quantitative estimate of drug-likeness (QED) is 0.537. The third-order valence-corrected chi connectivity index (χ3v) is 2.22. The minimum atomic E-state index is -0.489. The fourth-order valence-electron chi connectivity index (χ4n) is 1.38. The molecule has 0 amide bonds. The van der Waals surface area contributed by atoms with Crippen molar-refractivity contribution in [2.75, 3.05) is 0 Å². The maximum atomic E-state index is 11.0. The van der Waals surface area contributed by atoms with E-state index >= 15 is 0 Å². The minimum absolute atomic E-state index is 0.0680. The zero-order chi connectivity index (χ0) is 10.6. The molecule has 0 aliphatic carbocycles. The van der Waals surface area contributed by atoms with Crippen LogP contribution in [0.4, 0.5) is 0 Å². The zero-order valence-electron chi connectivity index (χ0n) is 8.49. The summed E-state index contributed by atoms with van der Waals surface area (Å²) >= 11 is 0. The summed E-state index contributed by atoms with van der Waals surface area (Å²) in [6.07, 6.45) is 1.24. The number of carbonyl (C=O) groups excluding carboxylic acids is 2. The highest BCUT2D eigenvalue weighted by Crippen LogP contribution is 2.10. The Hall–Kier alpha value is -1.44. The molecule has 1 aromatic carbocycles. The van der Waals surface area contributed by atoms with Crippen LogP contribution in [0.15, 0.2) is 24.3 Å². The molecule has 1 aromatic rings. The Morgan fingerprint density at radius 2 is 2.21 bits per heavy atom. The fourth-order valence-corrected chi connectivity index (χ4v) is 1.38. The molecule has 1 unspecified atom stereocenters. The first kappa shape index (κ1) is 10.6. The van der Waals surface area contributed by atoms with Gasteiger partial charge in [0.05, 0.1) is 5.92 Å². The molecule has 0 heterocycles. The van der Waals surface area contributed by atoms with Gasteiger partial charge in [0.1, 0.15) is 12.1 Å². The third-order valence-electron chi connectivity index (χ3n) is 2.22. The van der Waals surface area contributed by atoms with Gasteiger partial charge in [0, 0.05) is 0 Å². The van der Waals surface area contributed by atoms with Crippen LogP contribution >= 0.6 is 0 Å². The predicted molar refractivity (Wildman–Crippen MR) is 55.1 cm³/mol. The smallest absolute Gasteiger partial charge is 0.140 e. The van der Waals surface area contributed by atoms with E-state index in [1.807, 2.05) is 31.2 Å². The van der Waals surface area contributed by atoms with Crippen LogP contribution in [0.25, 0.3) is 0 Å². The summed E-state index contributed by atoms with van der Waals surface area (Å²) in [5.41, 5.74) is 2.19. The van der Waals surface area contributed by atoms with Gasteiger partial charge in [0.15, 0.2) is 0 Å². The normalized spacial score (nSPS) is 12.1. The van der Waals surface area contributed by atoms with Crippen LogP contribution in [0.2, 0.25) is 0 Å². The first-order valence-corrected chi connectivity index (χ1v) is 4.65. The lowest BCUT2D eigenvalue weighted by Gasteiger charge is -2.06. The first-order chi connectivity index (χ1) is 6.63. The molecule has 0 saturated carbocycles. The molecule has 2 heteroatoms. The Bertz CT molecular complexity index is 342. The number of aldehydes is 1. The average molecular weight is 190 g/mol. The molecule has 2 nitrogen and oxygen atoms in total. The van der Waals surface area contributed by atoms with E-state index in [-0.39, 0.29) is 5.78 Å². The van der Waals surface area contributed by atoms with Gasteiger partial charge in [-0.25, -0.2) is 0 Å². The van der Waals surface area contributed by atoms with Crippen molar-refractivity contribution in [2.45, 2.75) is 20.3 Å². The monoisotopic (exact) mass is 190 g/mol. The van der Waals surface area contributed by atoms with Gasteiger partial charge in [-0.05, 0) is 25.8 Å². The summed E-state index contributed by atoms with van der Waals surface area (Å²) < 4.78 is 0. The summed E-state index contributed by atoms with van der Waals surface area (Å²) in [6.45, 7) is 3.45. The molecule has 0 N–H and O–H groups in total. The van der Waals surface area contributed by atoms with E-state index in [9.17, 15) is 9.59 Å². The number of rotatable bonds is 4. The Morgan fingerprint density at radius 1 is 1.50 bits per heavy atom. The number of aryl methyl sites for hydroxylation is 1. The number of ketones is 1. The van der Waals surface area contributed by atoms with E-state index in [1.165, 1.54) is 6.92 Å². The second-order valence-corrected chi connectivity index (χ2v) is 3.55. The van der Waals surface area contributed by atoms with Crippen molar-refractivity contribution < 1.29 is 9.59 Å². The van der Waals surface area contributed by atoms with Crippen LogP contribution in [0.3, 0.4) is 0 Å². The molecule has 0 aromatic heterocycles. The predicted octanol–water partition coefficient (Wildman–Crippen LogP) is 1.94. The molecule has 0 saturated heterocycles. The lowest BCUT2D eigenvalue weighted by Crippen LogP contribution is -2.15. The number of hydrogen-bond acceptors (Lipinski definition) is 2. The van der Waals surface area contributed by atoms with Crippen LogP contribution in [-0.2, 0) is 16.0 Å². The van der Waals surface area contributed by atoms with Gasteiger partial charge in [-0.3, -0.25) is 4.79 Å². The van der Waals surface area contributed by atoms with Crippen LogP contribution in [0.5, 0.6) is 0 Å². The fraction of sp³-hybridized carbons (Fsp3) is 0.333. The highest BCUT2D eigenvalue weighted by Gasteiger charge is 2.13. The lowest BCUT2D eigenvalue weighted by molar-refractivity contribution is -0.125. The zero-order valence-corrected chi connectivity index (χ0v) is 8.49. The van der Waals surface area contributed by atoms with Gasteiger partial charge >= 0.3 is 0 Å². The molecule has 0 aliphatic rings. The Labute approximate surface area is 83.9 Å². The molecule has 1 rings (SSSR count). The summed E-state index contributed by atoms with van der Waals surface area (Å²) in [7, 11) is 0. The topological polar surface area (TPSA) is 34.1 Å². The first-order valence-electron chi connectivity index (χ1n) is 4.65.